The molecule has 7 heteroatoms. The maximum absolute atomic E-state index is 12.4. The molecule has 2 aromatic heterocycles. The zero-order valence-corrected chi connectivity index (χ0v) is 16.9. The van der Waals surface area contributed by atoms with E-state index in [4.69, 9.17) is 4.74 Å². The van der Waals surface area contributed by atoms with Crippen molar-refractivity contribution in [2.45, 2.75) is 58.0 Å². The number of anilines is 1. The van der Waals surface area contributed by atoms with Crippen molar-refractivity contribution >= 4 is 39.6 Å². The van der Waals surface area contributed by atoms with Gasteiger partial charge in [-0.05, 0) is 56.0 Å². The smallest absolute Gasteiger partial charge is 0.306 e. The first kappa shape index (κ1) is 19.6. The summed E-state index contributed by atoms with van der Waals surface area (Å²) in [6.45, 7) is 1.56. The molecule has 1 aliphatic carbocycles. The first-order valence-electron chi connectivity index (χ1n) is 9.16. The Labute approximate surface area is 167 Å². The predicted molar refractivity (Wildman–Crippen MR) is 107 cm³/mol. The summed E-state index contributed by atoms with van der Waals surface area (Å²) in [4.78, 5) is 26.7. The molecule has 1 amide bonds. The van der Waals surface area contributed by atoms with Crippen LogP contribution in [0.1, 0.15) is 53.5 Å². The van der Waals surface area contributed by atoms with E-state index in [1.54, 1.807) is 18.3 Å². The van der Waals surface area contributed by atoms with Crippen LogP contribution in [0.3, 0.4) is 0 Å². The first-order chi connectivity index (χ1) is 13.1. The molecule has 0 fully saturated rings. The van der Waals surface area contributed by atoms with Crippen LogP contribution in [0.15, 0.2) is 17.5 Å². The number of carbonyl (C=O) groups is 2. The third-order valence-corrected chi connectivity index (χ3v) is 6.75. The van der Waals surface area contributed by atoms with Crippen LogP contribution in [-0.2, 0) is 33.6 Å². The molecule has 0 saturated carbocycles. The van der Waals surface area contributed by atoms with E-state index in [0.717, 1.165) is 36.1 Å². The number of nitriles is 1. The zero-order valence-electron chi connectivity index (χ0n) is 15.2. The number of ether oxygens (including phenoxy) is 1. The van der Waals surface area contributed by atoms with E-state index in [2.05, 4.69) is 11.4 Å². The van der Waals surface area contributed by atoms with Gasteiger partial charge < -0.3 is 10.1 Å². The van der Waals surface area contributed by atoms with Gasteiger partial charge in [0.25, 0.3) is 5.91 Å². The highest BCUT2D eigenvalue weighted by Crippen LogP contribution is 2.37. The van der Waals surface area contributed by atoms with Crippen LogP contribution >= 0.6 is 22.7 Å². The van der Waals surface area contributed by atoms with Gasteiger partial charge in [-0.1, -0.05) is 12.5 Å². The fourth-order valence-corrected chi connectivity index (χ4v) is 5.10. The Morgan fingerprint density at radius 1 is 1.33 bits per heavy atom. The molecule has 0 saturated heterocycles. The van der Waals surface area contributed by atoms with E-state index >= 15 is 0 Å². The fraction of sp³-hybridized carbons (Fsp3) is 0.450. The minimum absolute atomic E-state index is 0.245. The molecule has 2 heterocycles. The molecular weight excluding hydrogens is 380 g/mol. The number of rotatable bonds is 6. The number of carbonyl (C=O) groups excluding carboxylic acids is 2. The number of aryl methyl sites for hydroxylation is 2. The minimum atomic E-state index is -0.894. The predicted octanol–water partition coefficient (Wildman–Crippen LogP) is 4.45. The first-order valence-corrected chi connectivity index (χ1v) is 10.9. The molecule has 27 heavy (non-hydrogen) atoms. The van der Waals surface area contributed by atoms with E-state index in [9.17, 15) is 14.9 Å². The van der Waals surface area contributed by atoms with Crippen molar-refractivity contribution in [3.05, 3.63) is 38.4 Å². The minimum Gasteiger partial charge on any atom is -0.453 e. The number of nitrogens with one attached hydrogen (secondary N) is 1. The molecule has 3 rings (SSSR count). The van der Waals surface area contributed by atoms with Gasteiger partial charge in [0.05, 0.1) is 12.0 Å². The quantitative estimate of drug-likeness (QED) is 0.572. The summed E-state index contributed by atoms with van der Waals surface area (Å²) in [6, 6.07) is 6.15. The second-order valence-corrected chi connectivity index (χ2v) is 8.72. The van der Waals surface area contributed by atoms with Crippen molar-refractivity contribution in [1.29, 1.82) is 5.26 Å². The largest absolute Gasteiger partial charge is 0.453 e. The summed E-state index contributed by atoms with van der Waals surface area (Å²) in [7, 11) is 0. The summed E-state index contributed by atoms with van der Waals surface area (Å²) in [5, 5.41) is 14.9. The number of fused-ring (bicyclic) bond motifs is 1. The zero-order chi connectivity index (χ0) is 19.2. The van der Waals surface area contributed by atoms with Gasteiger partial charge >= 0.3 is 5.97 Å². The van der Waals surface area contributed by atoms with E-state index in [0.29, 0.717) is 17.0 Å². The summed E-state index contributed by atoms with van der Waals surface area (Å²) in [5.74, 6) is -0.791. The molecule has 5 nitrogen and oxygen atoms in total. The van der Waals surface area contributed by atoms with E-state index in [1.807, 2.05) is 17.5 Å². The Balaban J connectivity index is 1.58. The van der Waals surface area contributed by atoms with Crippen molar-refractivity contribution in [2.24, 2.45) is 0 Å². The average molecular weight is 403 g/mol. The Bertz CT molecular complexity index is 849. The third kappa shape index (κ3) is 4.96. The van der Waals surface area contributed by atoms with E-state index < -0.39 is 18.0 Å². The second-order valence-electron chi connectivity index (χ2n) is 6.58. The maximum atomic E-state index is 12.4. The standard InChI is InChI=1S/C20H22N2O3S2/c1-13(25-18(23)10-9-14-6-5-11-26-14)19(24)22-20-16(12-21)15-7-3-2-4-8-17(15)27-20/h5-6,11,13H,2-4,7-10H2,1H3,(H,22,24)/t13-/m1/s1. The van der Waals surface area contributed by atoms with Crippen LogP contribution in [0, 0.1) is 11.3 Å². The van der Waals surface area contributed by atoms with Crippen molar-refractivity contribution in [3.63, 3.8) is 0 Å². The van der Waals surface area contributed by atoms with Crippen LogP contribution in [-0.4, -0.2) is 18.0 Å². The summed E-state index contributed by atoms with van der Waals surface area (Å²) in [5.41, 5.74) is 1.65. The monoisotopic (exact) mass is 402 g/mol. The molecule has 0 aromatic carbocycles. The van der Waals surface area contributed by atoms with Crippen LogP contribution in [0.4, 0.5) is 5.00 Å². The van der Waals surface area contributed by atoms with E-state index in [-0.39, 0.29) is 6.42 Å². The molecule has 0 radical (unpaired) electrons. The van der Waals surface area contributed by atoms with Gasteiger partial charge in [0.1, 0.15) is 11.1 Å². The van der Waals surface area contributed by atoms with Crippen LogP contribution < -0.4 is 5.32 Å². The highest BCUT2D eigenvalue weighted by atomic mass is 32.1. The molecule has 2 aromatic rings. The fourth-order valence-electron chi connectivity index (χ4n) is 3.15. The van der Waals surface area contributed by atoms with Crippen LogP contribution in [0.25, 0.3) is 0 Å². The lowest BCUT2D eigenvalue weighted by molar-refractivity contribution is -0.153. The Morgan fingerprint density at radius 3 is 2.89 bits per heavy atom. The van der Waals surface area contributed by atoms with Gasteiger partial charge in [-0.15, -0.1) is 22.7 Å². The van der Waals surface area contributed by atoms with E-state index in [1.165, 1.54) is 22.6 Å². The van der Waals surface area contributed by atoms with Gasteiger partial charge in [0.15, 0.2) is 6.10 Å². The molecule has 0 unspecified atom stereocenters. The third-order valence-electron chi connectivity index (χ3n) is 4.60. The van der Waals surface area contributed by atoms with Gasteiger partial charge in [-0.3, -0.25) is 9.59 Å². The molecular formula is C20H22N2O3S2. The molecule has 1 atom stereocenters. The number of hydrogen-bond acceptors (Lipinski definition) is 6. The molecule has 1 aliphatic rings. The summed E-state index contributed by atoms with van der Waals surface area (Å²) >= 11 is 3.07. The average Bonchev–Trinajstić information content (AvgIpc) is 3.22. The highest BCUT2D eigenvalue weighted by molar-refractivity contribution is 7.16. The topological polar surface area (TPSA) is 79.2 Å². The number of nitrogens with zero attached hydrogens (tertiary/aromatic N) is 1. The van der Waals surface area contributed by atoms with Gasteiger partial charge in [-0.2, -0.15) is 5.26 Å². The number of hydrogen-bond donors (Lipinski definition) is 1. The Kier molecular flexibility index (Phi) is 6.64. The lowest BCUT2D eigenvalue weighted by Gasteiger charge is -2.13. The Hall–Kier alpha value is -2.17. The number of amides is 1. The SMILES string of the molecule is C[C@@H](OC(=O)CCc1cccs1)C(=O)Nc1sc2c(c1C#N)CCCCC2. The maximum Gasteiger partial charge on any atom is 0.306 e. The molecule has 1 N–H and O–H groups in total. The van der Waals surface area contributed by atoms with Gasteiger partial charge in [-0.25, -0.2) is 0 Å². The van der Waals surface area contributed by atoms with Gasteiger partial charge in [0, 0.05) is 9.75 Å². The molecule has 0 bridgehead atoms. The molecule has 142 valence electrons. The van der Waals surface area contributed by atoms with Crippen molar-refractivity contribution < 1.29 is 14.3 Å². The number of esters is 1. The van der Waals surface area contributed by atoms with Crippen molar-refractivity contribution in [1.82, 2.24) is 0 Å². The lowest BCUT2D eigenvalue weighted by atomic mass is 10.1. The van der Waals surface area contributed by atoms with Crippen LogP contribution in [0.2, 0.25) is 0 Å². The molecule has 0 spiro atoms. The second kappa shape index (κ2) is 9.16. The summed E-state index contributed by atoms with van der Waals surface area (Å²) < 4.78 is 5.25. The van der Waals surface area contributed by atoms with Crippen molar-refractivity contribution in [2.75, 3.05) is 5.32 Å². The lowest BCUT2D eigenvalue weighted by Crippen LogP contribution is -2.30. The summed E-state index contributed by atoms with van der Waals surface area (Å²) in [6.07, 6.45) is 5.17. The number of thiophene rings is 2. The van der Waals surface area contributed by atoms with Gasteiger partial charge in [0.2, 0.25) is 0 Å². The normalized spacial score (nSPS) is 14.5. The van der Waals surface area contributed by atoms with Crippen LogP contribution in [0.5, 0.6) is 0 Å². The Morgan fingerprint density at radius 2 is 2.15 bits per heavy atom. The van der Waals surface area contributed by atoms with Crippen molar-refractivity contribution in [3.8, 4) is 6.07 Å². The molecule has 0 aliphatic heterocycles. The highest BCUT2D eigenvalue weighted by Gasteiger charge is 2.24.